The standard InChI is InChI=1S/BrH5OSi2/c1-4-2-3/h4H2,3H3. The van der Waals surface area contributed by atoms with Gasteiger partial charge >= 0.3 is 0 Å². The first-order valence-electron chi connectivity index (χ1n) is 0.964. The topological polar surface area (TPSA) is 9.23 Å². The molecule has 0 saturated heterocycles. The molecular weight excluding hydrogens is 152 g/mol. The van der Waals surface area contributed by atoms with Gasteiger partial charge in [-0.2, -0.15) is 0 Å². The molecule has 0 fully saturated rings. The van der Waals surface area contributed by atoms with Crippen molar-refractivity contribution in [2.45, 2.75) is 0 Å². The van der Waals surface area contributed by atoms with Gasteiger partial charge in [-0.05, 0) is 0 Å². The van der Waals surface area contributed by atoms with Crippen molar-refractivity contribution in [2.75, 3.05) is 0 Å². The predicted molar refractivity (Wildman–Crippen MR) is 28.5 cm³/mol. The average Bonchev–Trinajstić information content (AvgIpc) is 1.37. The maximum absolute atomic E-state index is 4.74. The SMILES string of the molecule is [SiH3]O[SiH2]Br. The van der Waals surface area contributed by atoms with Crippen LogP contribution in [0.3, 0.4) is 0 Å². The molecule has 0 heterocycles. The van der Waals surface area contributed by atoms with Gasteiger partial charge in [-0.15, -0.1) is 0 Å². The summed E-state index contributed by atoms with van der Waals surface area (Å²) in [6.07, 6.45) is 0. The number of hydrogen-bond acceptors (Lipinski definition) is 1. The largest absolute Gasteiger partial charge is 0.460 e. The van der Waals surface area contributed by atoms with Crippen molar-refractivity contribution in [1.82, 2.24) is 0 Å². The van der Waals surface area contributed by atoms with Crippen molar-refractivity contribution < 1.29 is 4.12 Å². The zero-order chi connectivity index (χ0) is 3.41. The predicted octanol–water partition coefficient (Wildman–Crippen LogP) is -1.32. The Morgan fingerprint density at radius 3 is 2.25 bits per heavy atom. The normalized spacial score (nSPS) is 11.2. The lowest BCUT2D eigenvalue weighted by molar-refractivity contribution is 0.686. The van der Waals surface area contributed by atoms with Gasteiger partial charge in [0, 0.05) is 0 Å². The van der Waals surface area contributed by atoms with E-state index in [1.807, 2.05) is 0 Å². The second-order valence-corrected chi connectivity index (χ2v) is 4.30. The Kier molecular flexibility index (Phi) is 4.72. The number of halogens is 1. The van der Waals surface area contributed by atoms with E-state index in [0.29, 0.717) is 0 Å². The van der Waals surface area contributed by atoms with E-state index in [4.69, 9.17) is 4.12 Å². The van der Waals surface area contributed by atoms with Crippen molar-refractivity contribution in [3.8, 4) is 0 Å². The Hall–Kier alpha value is 0.874. The maximum atomic E-state index is 4.74. The fourth-order valence-electron chi connectivity index (χ4n) is 0. The molecule has 0 amide bonds. The molecule has 4 heteroatoms. The van der Waals surface area contributed by atoms with Gasteiger partial charge in [-0.1, -0.05) is 15.3 Å². The van der Waals surface area contributed by atoms with Crippen LogP contribution in [0, 0.1) is 0 Å². The molecular formula is H5BrOSi2. The number of hydrogen-bond donors (Lipinski definition) is 0. The van der Waals surface area contributed by atoms with Gasteiger partial charge in [-0.25, -0.2) is 0 Å². The third-order valence-corrected chi connectivity index (χ3v) is 5.10. The van der Waals surface area contributed by atoms with Crippen molar-refractivity contribution >= 4 is 34.2 Å². The zero-order valence-corrected chi connectivity index (χ0v) is 7.49. The van der Waals surface area contributed by atoms with Crippen LogP contribution in [0.5, 0.6) is 0 Å². The van der Waals surface area contributed by atoms with E-state index < -0.39 is 0 Å². The highest BCUT2D eigenvalue weighted by atomic mass is 79.9. The van der Waals surface area contributed by atoms with Crippen LogP contribution in [-0.4, -0.2) is 18.9 Å². The smallest absolute Gasteiger partial charge is 0.220 e. The molecule has 0 aliphatic heterocycles. The minimum atomic E-state index is -0.201. The van der Waals surface area contributed by atoms with Crippen LogP contribution < -0.4 is 0 Å². The van der Waals surface area contributed by atoms with Crippen LogP contribution in [0.1, 0.15) is 0 Å². The summed E-state index contributed by atoms with van der Waals surface area (Å²) in [6.45, 7) is 0. The van der Waals surface area contributed by atoms with Gasteiger partial charge in [-0.3, -0.25) is 0 Å². The lowest BCUT2D eigenvalue weighted by Gasteiger charge is -1.74. The molecule has 0 aromatic rings. The van der Waals surface area contributed by atoms with Gasteiger partial charge in [0.2, 0.25) is 8.38 Å². The highest BCUT2D eigenvalue weighted by Gasteiger charge is 1.57. The van der Waals surface area contributed by atoms with Crippen molar-refractivity contribution in [3.05, 3.63) is 0 Å². The van der Waals surface area contributed by atoms with E-state index in [1.165, 1.54) is 0 Å². The summed E-state index contributed by atoms with van der Waals surface area (Å²) in [5.74, 6) is 0. The molecule has 0 N–H and O–H groups in total. The van der Waals surface area contributed by atoms with Crippen LogP contribution in [0.4, 0.5) is 0 Å². The van der Waals surface area contributed by atoms with Gasteiger partial charge in [0.05, 0.1) is 0 Å². The molecule has 0 rings (SSSR count). The van der Waals surface area contributed by atoms with Gasteiger partial charge in [0.25, 0.3) is 0 Å². The molecule has 0 aromatic heterocycles. The summed E-state index contributed by atoms with van der Waals surface area (Å²) >= 11 is 3.20. The minimum Gasteiger partial charge on any atom is -0.460 e. The summed E-state index contributed by atoms with van der Waals surface area (Å²) in [7, 11) is 0.703. The molecule has 0 spiro atoms. The van der Waals surface area contributed by atoms with Crippen molar-refractivity contribution in [3.63, 3.8) is 0 Å². The molecule has 0 aliphatic carbocycles. The van der Waals surface area contributed by atoms with Crippen molar-refractivity contribution in [2.24, 2.45) is 0 Å². The third-order valence-electron chi connectivity index (χ3n) is 0.109. The second-order valence-electron chi connectivity index (χ2n) is 0.398. The Morgan fingerprint density at radius 1 is 2.00 bits per heavy atom. The lowest BCUT2D eigenvalue weighted by atomic mass is 15.8. The summed E-state index contributed by atoms with van der Waals surface area (Å²) < 4.78 is 4.74. The van der Waals surface area contributed by atoms with Gasteiger partial charge in [0.15, 0.2) is 0 Å². The average molecular weight is 157 g/mol. The van der Waals surface area contributed by atoms with Crippen LogP contribution in [0.25, 0.3) is 0 Å². The van der Waals surface area contributed by atoms with Crippen molar-refractivity contribution in [1.29, 1.82) is 0 Å². The highest BCUT2D eigenvalue weighted by Crippen LogP contribution is 1.66. The summed E-state index contributed by atoms with van der Waals surface area (Å²) in [4.78, 5) is 0. The van der Waals surface area contributed by atoms with Gasteiger partial charge < -0.3 is 4.12 Å². The van der Waals surface area contributed by atoms with E-state index in [1.54, 1.807) is 0 Å². The molecule has 1 nitrogen and oxygen atoms in total. The number of rotatable bonds is 1. The maximum Gasteiger partial charge on any atom is 0.220 e. The Morgan fingerprint density at radius 2 is 2.25 bits per heavy atom. The molecule has 26 valence electrons. The van der Waals surface area contributed by atoms with Gasteiger partial charge in [0.1, 0.15) is 10.5 Å². The molecule has 0 aromatic carbocycles. The summed E-state index contributed by atoms with van der Waals surface area (Å²) in [5.41, 5.74) is 0. The second kappa shape index (κ2) is 3.87. The first kappa shape index (κ1) is 4.87. The molecule has 0 atom stereocenters. The molecule has 0 unspecified atom stereocenters. The summed E-state index contributed by atoms with van der Waals surface area (Å²) in [5, 5.41) is 0. The highest BCUT2D eigenvalue weighted by molar-refractivity contribution is 9.23. The van der Waals surface area contributed by atoms with Crippen LogP contribution in [0.2, 0.25) is 0 Å². The lowest BCUT2D eigenvalue weighted by Crippen LogP contribution is -1.77. The summed E-state index contributed by atoms with van der Waals surface area (Å²) in [6, 6.07) is 0. The Labute approximate surface area is 38.8 Å². The molecule has 0 aliphatic rings. The van der Waals surface area contributed by atoms with Crippen LogP contribution in [-0.2, 0) is 4.12 Å². The molecule has 0 radical (unpaired) electrons. The van der Waals surface area contributed by atoms with E-state index in [2.05, 4.69) is 15.3 Å². The quantitative estimate of drug-likeness (QED) is 0.339. The first-order valence-corrected chi connectivity index (χ1v) is 6.26. The fraction of sp³-hybridized carbons (Fsp3) is 0. The minimum absolute atomic E-state index is 0.201. The van der Waals surface area contributed by atoms with E-state index in [9.17, 15) is 0 Å². The Balaban J connectivity index is 1.97. The molecule has 0 saturated carbocycles. The monoisotopic (exact) mass is 156 g/mol. The van der Waals surface area contributed by atoms with E-state index in [0.717, 1.165) is 10.5 Å². The fourth-order valence-corrected chi connectivity index (χ4v) is 0. The third kappa shape index (κ3) is 2.87. The van der Waals surface area contributed by atoms with Crippen LogP contribution >= 0.6 is 15.3 Å². The van der Waals surface area contributed by atoms with Crippen LogP contribution in [0.15, 0.2) is 0 Å². The molecule has 0 bridgehead atoms. The molecule has 4 heavy (non-hydrogen) atoms. The Bertz CT molecular complexity index is 8.00. The van der Waals surface area contributed by atoms with E-state index in [-0.39, 0.29) is 8.38 Å². The van der Waals surface area contributed by atoms with E-state index >= 15 is 0 Å². The first-order chi connectivity index (χ1) is 1.91. The zero-order valence-electron chi connectivity index (χ0n) is 2.49.